The predicted octanol–water partition coefficient (Wildman–Crippen LogP) is 0.695. The first-order valence-electron chi connectivity index (χ1n) is 8.47. The average molecular weight is 476 g/mol. The Balaban J connectivity index is 1.75. The van der Waals surface area contributed by atoms with E-state index in [1.165, 1.54) is 12.5 Å². The molecule has 0 aromatic carbocycles. The molecule has 14 heteroatoms. The smallest absolute Gasteiger partial charge is 0.353 e. The van der Waals surface area contributed by atoms with Crippen LogP contribution in [-0.4, -0.2) is 69.5 Å². The molecule has 2 atom stereocenters. The summed E-state index contributed by atoms with van der Waals surface area (Å²) < 4.78 is 0. The van der Waals surface area contributed by atoms with Crippen molar-refractivity contribution < 1.29 is 29.1 Å². The van der Waals surface area contributed by atoms with Crippen molar-refractivity contribution in [3.05, 3.63) is 21.8 Å². The third-order valence-corrected chi connectivity index (χ3v) is 5.75. The number of anilines is 1. The Morgan fingerprint density at radius 2 is 2.20 bits per heavy atom. The molecule has 0 bridgehead atoms. The molecular weight excluding hydrogens is 461 g/mol. The highest BCUT2D eigenvalue weighted by Gasteiger charge is 2.53. The number of rotatable bonds is 7. The van der Waals surface area contributed by atoms with Crippen LogP contribution in [0.3, 0.4) is 0 Å². The van der Waals surface area contributed by atoms with Gasteiger partial charge in [-0.05, 0) is 12.8 Å². The van der Waals surface area contributed by atoms with Gasteiger partial charge in [0.25, 0.3) is 11.8 Å². The molecule has 0 aliphatic carbocycles. The number of amides is 3. The molecule has 1 aromatic rings. The van der Waals surface area contributed by atoms with Crippen LogP contribution in [0.2, 0.25) is 0 Å². The number of aliphatic carboxylic acids is 1. The zero-order valence-electron chi connectivity index (χ0n) is 15.3. The number of β-lactam (4-membered cyclic amide) rings is 1. The SMILES string of the molecule is CON=C(C(=O)N[C@@H]1C(=O)N2C(C(=O)O)=C(Cl)CC[C@@H]12)c1csc(NC(=O)CCl)n1. The maximum atomic E-state index is 12.7. The van der Waals surface area contributed by atoms with Crippen LogP contribution in [0.5, 0.6) is 0 Å². The number of carboxylic acids is 1. The number of halogens is 2. The molecule has 11 nitrogen and oxygen atoms in total. The van der Waals surface area contributed by atoms with Crippen LogP contribution in [0.25, 0.3) is 0 Å². The van der Waals surface area contributed by atoms with Crippen LogP contribution >= 0.6 is 34.5 Å². The van der Waals surface area contributed by atoms with Crippen LogP contribution in [0.4, 0.5) is 5.13 Å². The van der Waals surface area contributed by atoms with E-state index in [0.29, 0.717) is 6.42 Å². The zero-order chi connectivity index (χ0) is 22.0. The van der Waals surface area contributed by atoms with Gasteiger partial charge in [0.05, 0.1) is 6.04 Å². The van der Waals surface area contributed by atoms with Crippen LogP contribution in [0.1, 0.15) is 18.5 Å². The fourth-order valence-electron chi connectivity index (χ4n) is 3.12. The molecule has 0 saturated carbocycles. The molecule has 2 aliphatic heterocycles. The van der Waals surface area contributed by atoms with Gasteiger partial charge in [-0.2, -0.15) is 0 Å². The molecule has 3 amide bonds. The highest BCUT2D eigenvalue weighted by atomic mass is 35.5. The minimum atomic E-state index is -1.31. The summed E-state index contributed by atoms with van der Waals surface area (Å²) in [6.45, 7) is 0. The molecule has 1 aromatic heterocycles. The molecule has 0 radical (unpaired) electrons. The summed E-state index contributed by atoms with van der Waals surface area (Å²) in [5, 5.41) is 19.7. The molecule has 30 heavy (non-hydrogen) atoms. The maximum absolute atomic E-state index is 12.7. The number of nitrogens with zero attached hydrogens (tertiary/aromatic N) is 3. The molecule has 3 heterocycles. The molecule has 1 fully saturated rings. The number of oxime groups is 1. The Hall–Kier alpha value is -2.70. The van der Waals surface area contributed by atoms with E-state index >= 15 is 0 Å². The Morgan fingerprint density at radius 1 is 1.47 bits per heavy atom. The number of hydrogen-bond donors (Lipinski definition) is 3. The molecule has 0 spiro atoms. The van der Waals surface area contributed by atoms with E-state index in [-0.39, 0.29) is 39.6 Å². The number of carbonyl (C=O) groups excluding carboxylic acids is 3. The molecule has 3 rings (SSSR count). The quantitative estimate of drug-likeness (QED) is 0.227. The third kappa shape index (κ3) is 4.11. The largest absolute Gasteiger partial charge is 0.477 e. The number of alkyl halides is 1. The summed E-state index contributed by atoms with van der Waals surface area (Å²) in [7, 11) is 1.24. The summed E-state index contributed by atoms with van der Waals surface area (Å²) in [5.74, 6) is -3.36. The molecule has 3 N–H and O–H groups in total. The Morgan fingerprint density at radius 3 is 2.83 bits per heavy atom. The minimum absolute atomic E-state index is 0.0903. The second kappa shape index (κ2) is 8.98. The van der Waals surface area contributed by atoms with E-state index in [1.54, 1.807) is 0 Å². The summed E-state index contributed by atoms with van der Waals surface area (Å²) >= 11 is 12.4. The normalized spacial score (nSPS) is 21.0. The second-order valence-electron chi connectivity index (χ2n) is 6.17. The monoisotopic (exact) mass is 475 g/mol. The first-order chi connectivity index (χ1) is 14.3. The van der Waals surface area contributed by atoms with Crippen LogP contribution in [-0.2, 0) is 24.0 Å². The van der Waals surface area contributed by atoms with Gasteiger partial charge in [-0.3, -0.25) is 19.3 Å². The van der Waals surface area contributed by atoms with Gasteiger partial charge in [0.1, 0.15) is 30.4 Å². The van der Waals surface area contributed by atoms with E-state index < -0.39 is 35.8 Å². The Bertz CT molecular complexity index is 977. The lowest BCUT2D eigenvalue weighted by Gasteiger charge is -2.49. The third-order valence-electron chi connectivity index (χ3n) is 4.38. The van der Waals surface area contributed by atoms with Gasteiger partial charge in [0.2, 0.25) is 5.91 Å². The fourth-order valence-corrected chi connectivity index (χ4v) is 4.17. The molecule has 2 aliphatic rings. The summed E-state index contributed by atoms with van der Waals surface area (Å²) in [6.07, 6.45) is 0.674. The Kier molecular flexibility index (Phi) is 6.58. The van der Waals surface area contributed by atoms with Gasteiger partial charge in [-0.15, -0.1) is 22.9 Å². The number of nitrogens with one attached hydrogen (secondary N) is 2. The van der Waals surface area contributed by atoms with Crippen molar-refractivity contribution in [1.29, 1.82) is 0 Å². The van der Waals surface area contributed by atoms with E-state index in [0.717, 1.165) is 16.2 Å². The molecule has 160 valence electrons. The van der Waals surface area contributed by atoms with Crippen molar-refractivity contribution in [2.75, 3.05) is 18.3 Å². The van der Waals surface area contributed by atoms with Crippen LogP contribution in [0, 0.1) is 0 Å². The van der Waals surface area contributed by atoms with Gasteiger partial charge in [-0.1, -0.05) is 16.8 Å². The van der Waals surface area contributed by atoms with E-state index in [1.807, 2.05) is 0 Å². The van der Waals surface area contributed by atoms with Crippen LogP contribution < -0.4 is 10.6 Å². The minimum Gasteiger partial charge on any atom is -0.477 e. The van der Waals surface area contributed by atoms with Crippen molar-refractivity contribution in [1.82, 2.24) is 15.2 Å². The van der Waals surface area contributed by atoms with E-state index in [2.05, 4.69) is 20.8 Å². The number of thiazole rings is 1. The van der Waals surface area contributed by atoms with Gasteiger partial charge < -0.3 is 20.6 Å². The predicted molar refractivity (Wildman–Crippen MR) is 107 cm³/mol. The second-order valence-corrected chi connectivity index (χ2v) is 7.75. The van der Waals surface area contributed by atoms with E-state index in [9.17, 15) is 24.3 Å². The van der Waals surface area contributed by atoms with Crippen molar-refractivity contribution in [2.45, 2.75) is 24.9 Å². The zero-order valence-corrected chi connectivity index (χ0v) is 17.7. The Labute approximate surface area is 183 Å². The number of allylic oxidation sites excluding steroid dienone is 1. The number of aromatic nitrogens is 1. The number of hydrogen-bond acceptors (Lipinski definition) is 8. The summed E-state index contributed by atoms with van der Waals surface area (Å²) in [5.41, 5.74) is -0.367. The van der Waals surface area contributed by atoms with E-state index in [4.69, 9.17) is 28.0 Å². The first-order valence-corrected chi connectivity index (χ1v) is 10.3. The number of carbonyl (C=O) groups is 4. The summed E-state index contributed by atoms with van der Waals surface area (Å²) in [6, 6.07) is -1.47. The summed E-state index contributed by atoms with van der Waals surface area (Å²) in [4.78, 5) is 57.9. The molecular formula is C16H15Cl2N5O6S. The lowest BCUT2D eigenvalue weighted by Crippen LogP contribution is -2.72. The van der Waals surface area contributed by atoms with Crippen molar-refractivity contribution in [2.24, 2.45) is 5.16 Å². The van der Waals surface area contributed by atoms with Crippen molar-refractivity contribution in [3.8, 4) is 0 Å². The maximum Gasteiger partial charge on any atom is 0.353 e. The lowest BCUT2D eigenvalue weighted by molar-refractivity contribution is -0.155. The van der Waals surface area contributed by atoms with Gasteiger partial charge in [0, 0.05) is 10.4 Å². The highest BCUT2D eigenvalue weighted by Crippen LogP contribution is 2.38. The topological polar surface area (TPSA) is 150 Å². The van der Waals surface area contributed by atoms with Crippen LogP contribution in [0.15, 0.2) is 21.3 Å². The van der Waals surface area contributed by atoms with Gasteiger partial charge >= 0.3 is 5.97 Å². The standard InChI is InChI=1S/C16H15Cl2N5O6S/c1-29-22-10(7-5-30-16(19-7)20-9(24)4-17)13(25)21-11-8-3-2-6(18)12(15(27)28)23(8)14(11)26/h5,8,11H,2-4H2,1H3,(H,21,25)(H,27,28)(H,19,20,24)/t8-,11-/m0/s1. The van der Waals surface area contributed by atoms with Crippen molar-refractivity contribution >= 4 is 69.1 Å². The number of carboxylic acid groups (broad SMARTS) is 1. The average Bonchev–Trinajstić information content (AvgIpc) is 3.17. The van der Waals surface area contributed by atoms with Crippen molar-refractivity contribution in [3.63, 3.8) is 0 Å². The highest BCUT2D eigenvalue weighted by molar-refractivity contribution is 7.14. The lowest BCUT2D eigenvalue weighted by atomic mass is 9.86. The molecule has 1 saturated heterocycles. The first kappa shape index (κ1) is 22.0. The van der Waals surface area contributed by atoms with Gasteiger partial charge in [0.15, 0.2) is 10.8 Å². The fraction of sp³-hybridized carbons (Fsp3) is 0.375. The molecule has 0 unspecified atom stereocenters. The number of fused-ring (bicyclic) bond motifs is 1. The van der Waals surface area contributed by atoms with Gasteiger partial charge in [-0.25, -0.2) is 9.78 Å².